The fraction of sp³-hybridized carbons (Fsp3) is 0.148. The molecule has 10 heteroatoms. The second-order valence-electron chi connectivity index (χ2n) is 7.96. The van der Waals surface area contributed by atoms with E-state index < -0.39 is 11.6 Å². The van der Waals surface area contributed by atoms with Crippen molar-refractivity contribution < 1.29 is 28.5 Å². The van der Waals surface area contributed by atoms with Crippen LogP contribution in [0.5, 0.6) is 17.2 Å². The van der Waals surface area contributed by atoms with E-state index in [9.17, 15) is 9.59 Å². The number of pyridine rings is 1. The van der Waals surface area contributed by atoms with Gasteiger partial charge in [-0.1, -0.05) is 6.07 Å². The molecule has 37 heavy (non-hydrogen) atoms. The van der Waals surface area contributed by atoms with Crippen LogP contribution in [0.2, 0.25) is 0 Å². The molecule has 1 aliphatic carbocycles. The molecular weight excluding hydrogens is 476 g/mol. The zero-order chi connectivity index (χ0) is 25.8. The minimum absolute atomic E-state index is 0.0550. The number of hydrogen-bond acceptors (Lipinski definition) is 10. The van der Waals surface area contributed by atoms with Gasteiger partial charge in [0.15, 0.2) is 17.3 Å². The van der Waals surface area contributed by atoms with E-state index in [0.717, 1.165) is 17.0 Å². The van der Waals surface area contributed by atoms with Crippen molar-refractivity contribution in [2.24, 2.45) is 0 Å². The molecule has 0 amide bonds. The van der Waals surface area contributed by atoms with Crippen molar-refractivity contribution in [2.75, 3.05) is 32.8 Å². The summed E-state index contributed by atoms with van der Waals surface area (Å²) >= 11 is 0. The van der Waals surface area contributed by atoms with Crippen LogP contribution in [0, 0.1) is 0 Å². The Labute approximate surface area is 211 Å². The van der Waals surface area contributed by atoms with Crippen LogP contribution in [-0.4, -0.2) is 54.0 Å². The molecule has 2 aromatic heterocycles. The Bertz CT molecular complexity index is 1580. The van der Waals surface area contributed by atoms with Crippen LogP contribution in [-0.2, 0) is 14.3 Å². The number of fused-ring (bicyclic) bond motifs is 2. The lowest BCUT2D eigenvalue weighted by atomic mass is 10.1. The van der Waals surface area contributed by atoms with Gasteiger partial charge in [0.05, 0.1) is 30.4 Å². The van der Waals surface area contributed by atoms with Crippen molar-refractivity contribution in [2.45, 2.75) is 0 Å². The summed E-state index contributed by atoms with van der Waals surface area (Å²) in [6, 6.07) is 12.3. The summed E-state index contributed by atoms with van der Waals surface area (Å²) in [4.78, 5) is 38.5. The van der Waals surface area contributed by atoms with Gasteiger partial charge >= 0.3 is 0 Å². The Balaban J connectivity index is 1.37. The van der Waals surface area contributed by atoms with Gasteiger partial charge < -0.3 is 24.3 Å². The highest BCUT2D eigenvalue weighted by Gasteiger charge is 2.23. The summed E-state index contributed by atoms with van der Waals surface area (Å²) in [5.74, 6) is 0.741. The van der Waals surface area contributed by atoms with Crippen LogP contribution >= 0.6 is 0 Å². The minimum Gasteiger partial charge on any atom is -0.493 e. The molecule has 2 aromatic carbocycles. The molecule has 0 saturated carbocycles. The first kappa shape index (κ1) is 23.9. The lowest BCUT2D eigenvalue weighted by Gasteiger charge is -2.16. The van der Waals surface area contributed by atoms with E-state index in [1.165, 1.54) is 19.5 Å². The number of benzene rings is 2. The summed E-state index contributed by atoms with van der Waals surface area (Å²) in [6.07, 6.45) is 5.39. The normalized spacial score (nSPS) is 13.4. The van der Waals surface area contributed by atoms with Crippen molar-refractivity contribution in [1.29, 1.82) is 0 Å². The molecule has 1 aliphatic rings. The number of anilines is 1. The second-order valence-corrected chi connectivity index (χ2v) is 7.96. The average Bonchev–Trinajstić information content (AvgIpc) is 2.91. The fourth-order valence-electron chi connectivity index (χ4n) is 3.76. The molecule has 1 N–H and O–H groups in total. The van der Waals surface area contributed by atoms with Crippen LogP contribution in [0.25, 0.3) is 21.8 Å². The molecule has 0 unspecified atom stereocenters. The number of nitrogens with zero attached hydrogens (tertiary/aromatic N) is 3. The van der Waals surface area contributed by atoms with Crippen molar-refractivity contribution in [3.05, 3.63) is 78.6 Å². The van der Waals surface area contributed by atoms with Gasteiger partial charge in [-0.25, -0.2) is 9.97 Å². The van der Waals surface area contributed by atoms with Gasteiger partial charge in [-0.05, 0) is 30.3 Å². The summed E-state index contributed by atoms with van der Waals surface area (Å²) in [5.41, 5.74) is 1.41. The summed E-state index contributed by atoms with van der Waals surface area (Å²) < 4.78 is 21.9. The Morgan fingerprint density at radius 3 is 2.59 bits per heavy atom. The maximum absolute atomic E-state index is 12.9. The number of ketones is 2. The van der Waals surface area contributed by atoms with Crippen molar-refractivity contribution in [3.8, 4) is 17.2 Å². The van der Waals surface area contributed by atoms with Gasteiger partial charge in [0, 0.05) is 42.3 Å². The predicted octanol–water partition coefficient (Wildman–Crippen LogP) is 3.62. The first-order valence-electron chi connectivity index (χ1n) is 11.3. The van der Waals surface area contributed by atoms with Gasteiger partial charge in [-0.2, -0.15) is 0 Å². The highest BCUT2D eigenvalue weighted by Crippen LogP contribution is 2.34. The third kappa shape index (κ3) is 5.09. The molecule has 186 valence electrons. The van der Waals surface area contributed by atoms with Crippen molar-refractivity contribution >= 4 is 39.2 Å². The van der Waals surface area contributed by atoms with E-state index in [4.69, 9.17) is 18.9 Å². The number of nitrogens with one attached hydrogen (secondary N) is 1. The molecule has 10 nitrogen and oxygen atoms in total. The largest absolute Gasteiger partial charge is 0.493 e. The SMILES string of the molecule is COCCOc1cc2ncnc(NC3=CC(=O)C(Oc4ccc5ncccc5c4)=CC3=O)c2cc1OC. The Morgan fingerprint density at radius 1 is 0.865 bits per heavy atom. The smallest absolute Gasteiger partial charge is 0.223 e. The van der Waals surface area contributed by atoms with Gasteiger partial charge in [-0.15, -0.1) is 0 Å². The molecule has 0 radical (unpaired) electrons. The van der Waals surface area contributed by atoms with Crippen LogP contribution in [0.4, 0.5) is 5.82 Å². The molecular formula is C27H22N4O6. The Morgan fingerprint density at radius 2 is 1.76 bits per heavy atom. The molecule has 0 fully saturated rings. The molecule has 5 rings (SSSR count). The lowest BCUT2D eigenvalue weighted by Crippen LogP contribution is -2.21. The molecule has 0 saturated heterocycles. The molecule has 0 atom stereocenters. The summed E-state index contributed by atoms with van der Waals surface area (Å²) in [6.45, 7) is 0.754. The zero-order valence-electron chi connectivity index (χ0n) is 20.1. The van der Waals surface area contributed by atoms with Crippen LogP contribution in [0.15, 0.2) is 78.6 Å². The third-order valence-electron chi connectivity index (χ3n) is 5.57. The number of rotatable bonds is 9. The lowest BCUT2D eigenvalue weighted by molar-refractivity contribution is -0.116. The highest BCUT2D eigenvalue weighted by molar-refractivity contribution is 6.20. The van der Waals surface area contributed by atoms with E-state index >= 15 is 0 Å². The first-order chi connectivity index (χ1) is 18.1. The Kier molecular flexibility index (Phi) is 6.73. The van der Waals surface area contributed by atoms with E-state index in [1.54, 1.807) is 43.6 Å². The maximum atomic E-state index is 12.9. The number of ether oxygens (including phenoxy) is 4. The fourth-order valence-corrected chi connectivity index (χ4v) is 3.76. The molecule has 4 aromatic rings. The Hall–Kier alpha value is -4.83. The number of carbonyl (C=O) groups is 2. The first-order valence-corrected chi connectivity index (χ1v) is 11.3. The van der Waals surface area contributed by atoms with E-state index in [1.807, 2.05) is 12.1 Å². The quantitative estimate of drug-likeness (QED) is 0.270. The van der Waals surface area contributed by atoms with Crippen LogP contribution in [0.1, 0.15) is 0 Å². The predicted molar refractivity (Wildman–Crippen MR) is 136 cm³/mol. The standard InChI is InChI=1S/C27H22N4O6/c1-34-8-9-36-26-13-20-18(11-25(26)35-2)27(30-15-29-20)31-21-12-23(33)24(14-22(21)32)37-17-5-6-19-16(10-17)4-3-7-28-19/h3-7,10-15H,8-9H2,1-2H3,(H,29,30,31). The van der Waals surface area contributed by atoms with Crippen LogP contribution < -0.4 is 19.5 Å². The molecule has 2 heterocycles. The zero-order valence-corrected chi connectivity index (χ0v) is 20.1. The second kappa shape index (κ2) is 10.4. The van der Waals surface area contributed by atoms with Gasteiger partial charge in [0.2, 0.25) is 11.6 Å². The topological polar surface area (TPSA) is 122 Å². The van der Waals surface area contributed by atoms with E-state index in [2.05, 4.69) is 20.3 Å². The van der Waals surface area contributed by atoms with Crippen molar-refractivity contribution in [3.63, 3.8) is 0 Å². The van der Waals surface area contributed by atoms with Gasteiger partial charge in [0.25, 0.3) is 0 Å². The maximum Gasteiger partial charge on any atom is 0.223 e. The van der Waals surface area contributed by atoms with Gasteiger partial charge in [0.1, 0.15) is 24.5 Å². The number of methoxy groups -OCH3 is 2. The van der Waals surface area contributed by atoms with Gasteiger partial charge in [-0.3, -0.25) is 14.6 Å². The van der Waals surface area contributed by atoms with Crippen LogP contribution in [0.3, 0.4) is 0 Å². The summed E-state index contributed by atoms with van der Waals surface area (Å²) in [7, 11) is 3.11. The number of aromatic nitrogens is 3. The summed E-state index contributed by atoms with van der Waals surface area (Å²) in [5, 5.41) is 4.38. The highest BCUT2D eigenvalue weighted by atomic mass is 16.5. The van der Waals surface area contributed by atoms with E-state index in [0.29, 0.717) is 47.2 Å². The third-order valence-corrected chi connectivity index (χ3v) is 5.57. The average molecular weight is 498 g/mol. The number of hydrogen-bond donors (Lipinski definition) is 1. The number of allylic oxidation sites excluding steroid dienone is 2. The van der Waals surface area contributed by atoms with E-state index in [-0.39, 0.29) is 11.5 Å². The molecule has 0 bridgehead atoms. The minimum atomic E-state index is -0.460. The van der Waals surface area contributed by atoms with Crippen molar-refractivity contribution in [1.82, 2.24) is 15.0 Å². The monoisotopic (exact) mass is 498 g/mol. The number of carbonyl (C=O) groups excluding carboxylic acids is 2. The molecule has 0 spiro atoms. The molecule has 0 aliphatic heterocycles.